The maximum absolute atomic E-state index is 10.8. The highest BCUT2D eigenvalue weighted by atomic mass is 16.1. The van der Waals surface area contributed by atoms with Crippen LogP contribution in [-0.4, -0.2) is 46.3 Å². The van der Waals surface area contributed by atoms with Crippen LogP contribution in [0.15, 0.2) is 12.4 Å². The Morgan fingerprint density at radius 2 is 2.25 bits per heavy atom. The lowest BCUT2D eigenvalue weighted by molar-refractivity contribution is -0.118. The number of likely N-dealkylation sites (tertiary alicyclic amines) is 1. The van der Waals surface area contributed by atoms with Crippen molar-refractivity contribution in [1.82, 2.24) is 14.7 Å². The molecule has 1 aliphatic rings. The average molecular weight is 279 g/mol. The van der Waals surface area contributed by atoms with Crippen LogP contribution in [-0.2, 0) is 11.3 Å². The van der Waals surface area contributed by atoms with Crippen molar-refractivity contribution in [3.8, 4) is 0 Å². The predicted molar refractivity (Wildman–Crippen MR) is 79.3 cm³/mol. The summed E-state index contributed by atoms with van der Waals surface area (Å²) in [5, 5.41) is 7.61. The second kappa shape index (κ2) is 6.74. The monoisotopic (exact) mass is 279 g/mol. The molecule has 0 spiro atoms. The van der Waals surface area contributed by atoms with Crippen LogP contribution in [0.4, 0.5) is 5.69 Å². The van der Waals surface area contributed by atoms with E-state index in [4.69, 9.17) is 5.73 Å². The third kappa shape index (κ3) is 3.96. The number of anilines is 1. The van der Waals surface area contributed by atoms with Crippen LogP contribution in [0, 0.1) is 5.92 Å². The molecule has 0 radical (unpaired) electrons. The fourth-order valence-corrected chi connectivity index (χ4v) is 2.83. The second-order valence-electron chi connectivity index (χ2n) is 5.60. The Morgan fingerprint density at radius 1 is 1.55 bits per heavy atom. The molecule has 1 aliphatic heterocycles. The summed E-state index contributed by atoms with van der Waals surface area (Å²) in [4.78, 5) is 13.3. The normalized spacial score (nSPS) is 18.9. The van der Waals surface area contributed by atoms with E-state index in [2.05, 4.69) is 29.2 Å². The molecule has 0 aliphatic carbocycles. The largest absolute Gasteiger partial charge is 0.380 e. The number of nitrogens with two attached hydrogens (primary N) is 1. The van der Waals surface area contributed by atoms with E-state index in [1.165, 1.54) is 25.9 Å². The first-order valence-corrected chi connectivity index (χ1v) is 7.38. The van der Waals surface area contributed by atoms with E-state index in [0.29, 0.717) is 12.0 Å². The molecule has 1 fully saturated rings. The van der Waals surface area contributed by atoms with Crippen molar-refractivity contribution in [1.29, 1.82) is 0 Å². The van der Waals surface area contributed by atoms with Gasteiger partial charge in [-0.15, -0.1) is 0 Å². The summed E-state index contributed by atoms with van der Waals surface area (Å²) in [5.74, 6) is 0.317. The van der Waals surface area contributed by atoms with Gasteiger partial charge in [-0.3, -0.25) is 9.48 Å². The van der Waals surface area contributed by atoms with Crippen molar-refractivity contribution in [3.05, 3.63) is 12.4 Å². The van der Waals surface area contributed by atoms with E-state index in [1.54, 1.807) is 10.9 Å². The number of amides is 1. The lowest BCUT2D eigenvalue weighted by atomic mass is 9.90. The van der Waals surface area contributed by atoms with Crippen LogP contribution in [0.25, 0.3) is 0 Å². The van der Waals surface area contributed by atoms with E-state index in [-0.39, 0.29) is 12.5 Å². The van der Waals surface area contributed by atoms with Gasteiger partial charge in [-0.1, -0.05) is 6.92 Å². The smallest absolute Gasteiger partial charge is 0.239 e. The van der Waals surface area contributed by atoms with Gasteiger partial charge >= 0.3 is 0 Å². The number of piperidine rings is 1. The molecule has 0 aromatic carbocycles. The van der Waals surface area contributed by atoms with Crippen molar-refractivity contribution in [3.63, 3.8) is 0 Å². The molecule has 1 saturated heterocycles. The number of primary amides is 1. The number of carbonyl (C=O) groups is 1. The van der Waals surface area contributed by atoms with Gasteiger partial charge in [0.1, 0.15) is 6.54 Å². The lowest BCUT2D eigenvalue weighted by Crippen LogP contribution is -2.39. The average Bonchev–Trinajstić information content (AvgIpc) is 2.85. The zero-order chi connectivity index (χ0) is 14.5. The molecule has 1 aromatic heterocycles. The van der Waals surface area contributed by atoms with E-state index in [0.717, 1.165) is 12.2 Å². The first-order valence-electron chi connectivity index (χ1n) is 7.38. The third-order valence-electron chi connectivity index (χ3n) is 4.13. The molecule has 0 saturated carbocycles. The molecule has 20 heavy (non-hydrogen) atoms. The summed E-state index contributed by atoms with van der Waals surface area (Å²) in [6.45, 7) is 8.09. The third-order valence-corrected chi connectivity index (χ3v) is 4.13. The molecule has 1 unspecified atom stereocenters. The van der Waals surface area contributed by atoms with Gasteiger partial charge in [0.05, 0.1) is 11.9 Å². The van der Waals surface area contributed by atoms with Gasteiger partial charge in [0.25, 0.3) is 0 Å². The van der Waals surface area contributed by atoms with Crippen molar-refractivity contribution in [2.75, 3.05) is 25.0 Å². The molecule has 6 nitrogen and oxygen atoms in total. The Hall–Kier alpha value is -1.56. The lowest BCUT2D eigenvalue weighted by Gasteiger charge is -2.34. The molecule has 1 aromatic rings. The number of carbonyl (C=O) groups excluding carboxylic acids is 1. The fourth-order valence-electron chi connectivity index (χ4n) is 2.83. The van der Waals surface area contributed by atoms with E-state index in [9.17, 15) is 4.79 Å². The highest BCUT2D eigenvalue weighted by Crippen LogP contribution is 2.22. The highest BCUT2D eigenvalue weighted by molar-refractivity contribution is 5.73. The fraction of sp³-hybridized carbons (Fsp3) is 0.714. The van der Waals surface area contributed by atoms with Crippen LogP contribution in [0.5, 0.6) is 0 Å². The zero-order valence-electron chi connectivity index (χ0n) is 12.4. The molecule has 112 valence electrons. The molecule has 2 heterocycles. The summed E-state index contributed by atoms with van der Waals surface area (Å²) < 4.78 is 1.57. The molecule has 2 rings (SSSR count). The van der Waals surface area contributed by atoms with Gasteiger partial charge in [-0.25, -0.2) is 0 Å². The molecule has 1 atom stereocenters. The molecule has 1 amide bonds. The van der Waals surface area contributed by atoms with E-state index in [1.807, 2.05) is 6.20 Å². The van der Waals surface area contributed by atoms with Crippen molar-refractivity contribution >= 4 is 11.6 Å². The molecule has 0 bridgehead atoms. The van der Waals surface area contributed by atoms with Crippen LogP contribution in [0.2, 0.25) is 0 Å². The van der Waals surface area contributed by atoms with Crippen molar-refractivity contribution < 1.29 is 4.79 Å². The zero-order valence-corrected chi connectivity index (χ0v) is 12.4. The Balaban J connectivity index is 1.83. The van der Waals surface area contributed by atoms with Crippen molar-refractivity contribution in [2.24, 2.45) is 11.7 Å². The number of aromatic nitrogens is 2. The first kappa shape index (κ1) is 14.8. The second-order valence-corrected chi connectivity index (χ2v) is 5.60. The van der Waals surface area contributed by atoms with Crippen LogP contribution in [0.3, 0.4) is 0 Å². The standard InChI is InChI=1S/C14H25N5O/c1-3-18-6-4-12(5-7-18)11(2)17-13-8-16-19(9-13)10-14(15)20/h8-9,11-12,17H,3-7,10H2,1-2H3,(H2,15,20). The quantitative estimate of drug-likeness (QED) is 0.811. The topological polar surface area (TPSA) is 76.2 Å². The Bertz CT molecular complexity index is 437. The van der Waals surface area contributed by atoms with Gasteiger partial charge in [0.15, 0.2) is 0 Å². The number of rotatable bonds is 6. The minimum Gasteiger partial charge on any atom is -0.380 e. The summed E-state index contributed by atoms with van der Waals surface area (Å²) in [6.07, 6.45) is 6.05. The van der Waals surface area contributed by atoms with Gasteiger partial charge in [-0.2, -0.15) is 5.10 Å². The molecule has 3 N–H and O–H groups in total. The Kier molecular flexibility index (Phi) is 5.00. The maximum atomic E-state index is 10.8. The van der Waals surface area contributed by atoms with Gasteiger partial charge in [0.2, 0.25) is 5.91 Å². The van der Waals surface area contributed by atoms with E-state index < -0.39 is 0 Å². The predicted octanol–water partition coefficient (Wildman–Crippen LogP) is 0.901. The van der Waals surface area contributed by atoms with Crippen LogP contribution in [0.1, 0.15) is 26.7 Å². The Morgan fingerprint density at radius 3 is 2.85 bits per heavy atom. The summed E-state index contributed by atoms with van der Waals surface area (Å²) in [6, 6.07) is 0.417. The van der Waals surface area contributed by atoms with Crippen molar-refractivity contribution in [2.45, 2.75) is 39.3 Å². The minimum absolute atomic E-state index is 0.130. The highest BCUT2D eigenvalue weighted by Gasteiger charge is 2.23. The number of nitrogens with zero attached hydrogens (tertiary/aromatic N) is 3. The summed E-state index contributed by atoms with van der Waals surface area (Å²) in [5.41, 5.74) is 6.11. The van der Waals surface area contributed by atoms with Crippen LogP contribution < -0.4 is 11.1 Å². The number of hydrogen-bond acceptors (Lipinski definition) is 4. The maximum Gasteiger partial charge on any atom is 0.239 e. The minimum atomic E-state index is -0.375. The summed E-state index contributed by atoms with van der Waals surface area (Å²) in [7, 11) is 0. The van der Waals surface area contributed by atoms with Gasteiger partial charge in [0, 0.05) is 12.2 Å². The molecular weight excluding hydrogens is 254 g/mol. The number of hydrogen-bond donors (Lipinski definition) is 2. The SMILES string of the molecule is CCN1CCC(C(C)Nc2cnn(CC(N)=O)c2)CC1. The van der Waals surface area contributed by atoms with Crippen LogP contribution >= 0.6 is 0 Å². The van der Waals surface area contributed by atoms with E-state index >= 15 is 0 Å². The first-order chi connectivity index (χ1) is 9.58. The summed E-state index contributed by atoms with van der Waals surface area (Å²) >= 11 is 0. The molecule has 6 heteroatoms. The van der Waals surface area contributed by atoms with Gasteiger partial charge in [-0.05, 0) is 45.3 Å². The Labute approximate surface area is 120 Å². The molecular formula is C14H25N5O. The number of nitrogens with one attached hydrogen (secondary N) is 1. The van der Waals surface area contributed by atoms with Gasteiger partial charge < -0.3 is 16.0 Å².